The fourth-order valence-electron chi connectivity index (χ4n) is 1.14. The van der Waals surface area contributed by atoms with E-state index in [1.165, 1.54) is 0 Å². The second kappa shape index (κ2) is 6.18. The fourth-order valence-corrected chi connectivity index (χ4v) is 1.84. The highest BCUT2D eigenvalue weighted by Gasteiger charge is 2.08. The Morgan fingerprint density at radius 2 is 2.13 bits per heavy atom. The number of anilines is 1. The molecule has 0 saturated carbocycles. The molecule has 1 nitrogen and oxygen atoms in total. The molecular formula is C10H12ClF2NS. The van der Waals surface area contributed by atoms with Gasteiger partial charge in [-0.3, -0.25) is 0 Å². The van der Waals surface area contributed by atoms with Gasteiger partial charge in [-0.05, 0) is 24.5 Å². The quantitative estimate of drug-likeness (QED) is 0.800. The van der Waals surface area contributed by atoms with E-state index in [4.69, 9.17) is 11.6 Å². The second-order valence-electron chi connectivity index (χ2n) is 3.02. The van der Waals surface area contributed by atoms with Crippen LogP contribution in [-0.4, -0.2) is 18.6 Å². The average Bonchev–Trinajstić information content (AvgIpc) is 2.15. The summed E-state index contributed by atoms with van der Waals surface area (Å²) in [6.45, 7) is 0.628. The van der Waals surface area contributed by atoms with Crippen LogP contribution in [0.25, 0.3) is 0 Å². The van der Waals surface area contributed by atoms with E-state index in [1.807, 2.05) is 6.26 Å². The van der Waals surface area contributed by atoms with E-state index in [9.17, 15) is 8.78 Å². The van der Waals surface area contributed by atoms with E-state index in [0.29, 0.717) is 6.54 Å². The highest BCUT2D eigenvalue weighted by Crippen LogP contribution is 2.26. The molecule has 84 valence electrons. The maximum Gasteiger partial charge on any atom is 0.150 e. The minimum atomic E-state index is -0.660. The summed E-state index contributed by atoms with van der Waals surface area (Å²) in [6.07, 6.45) is 2.92. The Hall–Kier alpha value is -0.480. The first-order valence-electron chi connectivity index (χ1n) is 4.52. The Balaban J connectivity index is 2.60. The third kappa shape index (κ3) is 3.87. The van der Waals surface area contributed by atoms with E-state index in [0.717, 1.165) is 24.3 Å². The summed E-state index contributed by atoms with van der Waals surface area (Å²) >= 11 is 7.42. The predicted molar refractivity (Wildman–Crippen MR) is 62.9 cm³/mol. The molecule has 0 aromatic heterocycles. The topological polar surface area (TPSA) is 12.0 Å². The molecule has 0 saturated heterocycles. The molecular weight excluding hydrogens is 240 g/mol. The van der Waals surface area contributed by atoms with Gasteiger partial charge in [0.1, 0.15) is 5.82 Å². The van der Waals surface area contributed by atoms with Crippen molar-refractivity contribution in [2.75, 3.05) is 23.9 Å². The van der Waals surface area contributed by atoms with Crippen molar-refractivity contribution in [3.63, 3.8) is 0 Å². The van der Waals surface area contributed by atoms with Gasteiger partial charge in [0.2, 0.25) is 0 Å². The molecule has 1 aromatic rings. The van der Waals surface area contributed by atoms with Crippen molar-refractivity contribution in [2.45, 2.75) is 6.42 Å². The summed E-state index contributed by atoms with van der Waals surface area (Å²) in [4.78, 5) is 0. The van der Waals surface area contributed by atoms with E-state index < -0.39 is 11.6 Å². The van der Waals surface area contributed by atoms with Crippen LogP contribution in [0, 0.1) is 11.6 Å². The number of rotatable bonds is 5. The van der Waals surface area contributed by atoms with Crippen LogP contribution >= 0.6 is 23.4 Å². The molecule has 0 heterocycles. The number of halogens is 3. The lowest BCUT2D eigenvalue weighted by atomic mass is 10.3. The normalized spacial score (nSPS) is 10.4. The predicted octanol–water partition coefficient (Wildman–Crippen LogP) is 3.78. The molecule has 0 aliphatic rings. The number of thioether (sulfide) groups is 1. The van der Waals surface area contributed by atoms with Gasteiger partial charge >= 0.3 is 0 Å². The molecule has 1 N–H and O–H groups in total. The van der Waals surface area contributed by atoms with Crippen LogP contribution in [0.1, 0.15) is 6.42 Å². The first-order valence-corrected chi connectivity index (χ1v) is 6.29. The lowest BCUT2D eigenvalue weighted by Crippen LogP contribution is -2.05. The summed E-state index contributed by atoms with van der Waals surface area (Å²) in [5.41, 5.74) is 0.180. The van der Waals surface area contributed by atoms with Gasteiger partial charge < -0.3 is 5.32 Å². The van der Waals surface area contributed by atoms with Crippen molar-refractivity contribution in [3.05, 3.63) is 28.8 Å². The van der Waals surface area contributed by atoms with Crippen molar-refractivity contribution in [2.24, 2.45) is 0 Å². The second-order valence-corrected chi connectivity index (χ2v) is 4.41. The Morgan fingerprint density at radius 1 is 1.40 bits per heavy atom. The highest BCUT2D eigenvalue weighted by molar-refractivity contribution is 7.98. The fraction of sp³-hybridized carbons (Fsp3) is 0.400. The lowest BCUT2D eigenvalue weighted by molar-refractivity contribution is 0.585. The van der Waals surface area contributed by atoms with Gasteiger partial charge in [-0.15, -0.1) is 0 Å². The molecule has 0 atom stereocenters. The molecule has 0 aliphatic carbocycles. The summed E-state index contributed by atoms with van der Waals surface area (Å²) in [5, 5.41) is 2.94. The van der Waals surface area contributed by atoms with Crippen molar-refractivity contribution in [3.8, 4) is 0 Å². The Bertz CT molecular complexity index is 310. The molecule has 1 aromatic carbocycles. The molecule has 0 fully saturated rings. The lowest BCUT2D eigenvalue weighted by Gasteiger charge is -2.09. The smallest absolute Gasteiger partial charge is 0.150 e. The molecule has 0 spiro atoms. The third-order valence-electron chi connectivity index (χ3n) is 1.83. The van der Waals surface area contributed by atoms with Crippen molar-refractivity contribution >= 4 is 29.1 Å². The zero-order valence-electron chi connectivity index (χ0n) is 8.32. The van der Waals surface area contributed by atoms with E-state index in [1.54, 1.807) is 11.8 Å². The van der Waals surface area contributed by atoms with Gasteiger partial charge in [0.25, 0.3) is 0 Å². The largest absolute Gasteiger partial charge is 0.381 e. The molecule has 5 heteroatoms. The molecule has 0 unspecified atom stereocenters. The van der Waals surface area contributed by atoms with E-state index >= 15 is 0 Å². The van der Waals surface area contributed by atoms with Crippen molar-refractivity contribution in [1.29, 1.82) is 0 Å². The highest BCUT2D eigenvalue weighted by atomic mass is 35.5. The van der Waals surface area contributed by atoms with Gasteiger partial charge in [-0.1, -0.05) is 11.6 Å². The zero-order chi connectivity index (χ0) is 11.3. The number of hydrogen-bond donors (Lipinski definition) is 1. The van der Waals surface area contributed by atoms with Crippen molar-refractivity contribution < 1.29 is 8.78 Å². The van der Waals surface area contributed by atoms with Gasteiger partial charge in [0.05, 0.1) is 10.7 Å². The molecule has 0 amide bonds. The van der Waals surface area contributed by atoms with Crippen LogP contribution in [0.2, 0.25) is 5.02 Å². The third-order valence-corrected chi connectivity index (χ3v) is 2.83. The SMILES string of the molecule is CSCCCNc1c(F)cc(F)cc1Cl. The average molecular weight is 252 g/mol. The Morgan fingerprint density at radius 3 is 2.73 bits per heavy atom. The molecule has 15 heavy (non-hydrogen) atoms. The summed E-state index contributed by atoms with van der Waals surface area (Å²) in [7, 11) is 0. The van der Waals surface area contributed by atoms with E-state index in [2.05, 4.69) is 5.32 Å². The van der Waals surface area contributed by atoms with Crippen LogP contribution in [0.15, 0.2) is 12.1 Å². The maximum absolute atomic E-state index is 13.2. The van der Waals surface area contributed by atoms with Crippen LogP contribution < -0.4 is 5.32 Å². The summed E-state index contributed by atoms with van der Waals surface area (Å²) in [6, 6.07) is 1.92. The monoisotopic (exact) mass is 251 g/mol. The molecule has 1 rings (SSSR count). The van der Waals surface area contributed by atoms with Gasteiger partial charge in [0.15, 0.2) is 5.82 Å². The molecule has 0 radical (unpaired) electrons. The van der Waals surface area contributed by atoms with Gasteiger partial charge in [0, 0.05) is 12.6 Å². The minimum absolute atomic E-state index is 0.0802. The molecule has 0 aliphatic heterocycles. The van der Waals surface area contributed by atoms with Gasteiger partial charge in [-0.2, -0.15) is 11.8 Å². The van der Waals surface area contributed by atoms with Crippen molar-refractivity contribution in [1.82, 2.24) is 0 Å². The first kappa shape index (κ1) is 12.6. The minimum Gasteiger partial charge on any atom is -0.381 e. The standard InChI is InChI=1S/C10H12ClF2NS/c1-15-4-2-3-14-10-8(11)5-7(12)6-9(10)13/h5-6,14H,2-4H2,1H3. The number of benzene rings is 1. The Kier molecular flexibility index (Phi) is 5.19. The maximum atomic E-state index is 13.2. The van der Waals surface area contributed by atoms with Crippen LogP contribution in [0.3, 0.4) is 0 Å². The summed E-state index contributed by atoms with van der Waals surface area (Å²) < 4.78 is 25.9. The van der Waals surface area contributed by atoms with Crippen LogP contribution in [0.5, 0.6) is 0 Å². The number of nitrogens with one attached hydrogen (secondary N) is 1. The van der Waals surface area contributed by atoms with Gasteiger partial charge in [-0.25, -0.2) is 8.78 Å². The van der Waals surface area contributed by atoms with Crippen LogP contribution in [-0.2, 0) is 0 Å². The summed E-state index contributed by atoms with van der Waals surface area (Å²) in [5.74, 6) is -0.315. The molecule has 0 bridgehead atoms. The first-order chi connectivity index (χ1) is 7.15. The Labute approximate surface area is 97.2 Å². The zero-order valence-corrected chi connectivity index (χ0v) is 9.89. The van der Waals surface area contributed by atoms with Crippen LogP contribution in [0.4, 0.5) is 14.5 Å². The number of hydrogen-bond acceptors (Lipinski definition) is 2. The van der Waals surface area contributed by atoms with E-state index in [-0.39, 0.29) is 10.7 Å².